The predicted molar refractivity (Wildman–Crippen MR) is 80.6 cm³/mol. The highest BCUT2D eigenvalue weighted by Crippen LogP contribution is 2.40. The average molecular weight is 371 g/mol. The fourth-order valence-electron chi connectivity index (χ4n) is 2.74. The summed E-state index contributed by atoms with van der Waals surface area (Å²) >= 11 is 12.1. The van der Waals surface area contributed by atoms with E-state index in [1.54, 1.807) is 24.5 Å². The fraction of sp³-hybridized carbons (Fsp3) is 0.500. The van der Waals surface area contributed by atoms with Crippen molar-refractivity contribution < 1.29 is 23.1 Å². The van der Waals surface area contributed by atoms with E-state index in [9.17, 15) is 23.1 Å². The molecule has 0 heterocycles. The van der Waals surface area contributed by atoms with Crippen molar-refractivity contribution in [3.63, 3.8) is 0 Å². The summed E-state index contributed by atoms with van der Waals surface area (Å²) in [7, 11) is 1.55. The van der Waals surface area contributed by atoms with Gasteiger partial charge in [-0.1, -0.05) is 23.2 Å². The molecular weight excluding hydrogens is 356 g/mol. The Morgan fingerprint density at radius 1 is 1.43 bits per heavy atom. The van der Waals surface area contributed by atoms with Crippen molar-refractivity contribution in [3.8, 4) is 0 Å². The maximum atomic E-state index is 12.1. The van der Waals surface area contributed by atoms with Gasteiger partial charge in [-0.3, -0.25) is 9.69 Å². The van der Waals surface area contributed by atoms with Crippen LogP contribution < -0.4 is 5.32 Å². The number of amides is 1. The van der Waals surface area contributed by atoms with Crippen LogP contribution in [0.5, 0.6) is 0 Å². The first-order chi connectivity index (χ1) is 10.6. The summed E-state index contributed by atoms with van der Waals surface area (Å²) in [5.74, 6) is -0.779. The third kappa shape index (κ3) is 4.50. The molecule has 0 saturated carbocycles. The number of alkyl halides is 3. The molecule has 0 aromatic heterocycles. The summed E-state index contributed by atoms with van der Waals surface area (Å²) in [6, 6.07) is 2.65. The highest BCUT2D eigenvalue weighted by molar-refractivity contribution is 6.35. The van der Waals surface area contributed by atoms with Crippen molar-refractivity contribution >= 4 is 29.1 Å². The summed E-state index contributed by atoms with van der Waals surface area (Å²) in [4.78, 5) is 13.1. The van der Waals surface area contributed by atoms with Crippen molar-refractivity contribution in [2.75, 3.05) is 20.1 Å². The van der Waals surface area contributed by atoms with Gasteiger partial charge in [0.2, 0.25) is 5.91 Å². The topological polar surface area (TPSA) is 52.6 Å². The third-order valence-corrected chi connectivity index (χ3v) is 4.20. The van der Waals surface area contributed by atoms with E-state index >= 15 is 0 Å². The average Bonchev–Trinajstić information content (AvgIpc) is 2.72. The smallest absolute Gasteiger partial charge is 0.391 e. The van der Waals surface area contributed by atoms with E-state index in [1.807, 2.05) is 0 Å². The van der Waals surface area contributed by atoms with Crippen LogP contribution in [-0.4, -0.2) is 48.3 Å². The van der Waals surface area contributed by atoms with E-state index in [4.69, 9.17) is 23.2 Å². The van der Waals surface area contributed by atoms with Gasteiger partial charge >= 0.3 is 6.18 Å². The molecule has 0 spiro atoms. The maximum Gasteiger partial charge on any atom is 0.405 e. The number of aliphatic hydroxyl groups excluding tert-OH is 1. The molecule has 1 amide bonds. The van der Waals surface area contributed by atoms with Gasteiger partial charge < -0.3 is 10.4 Å². The summed E-state index contributed by atoms with van der Waals surface area (Å²) in [5.41, 5.74) is 1.41. The molecule has 23 heavy (non-hydrogen) atoms. The number of carbonyl (C=O) groups is 1. The molecule has 0 unspecified atom stereocenters. The SMILES string of the molecule is CN(CC(=O)NCC(F)(F)F)[C@H]1c2cc(Cl)cc(Cl)c2C[C@@H]1O. The van der Waals surface area contributed by atoms with E-state index in [1.165, 1.54) is 4.90 Å². The second-order valence-electron chi connectivity index (χ2n) is 5.48. The van der Waals surface area contributed by atoms with Gasteiger partial charge in [-0.15, -0.1) is 0 Å². The van der Waals surface area contributed by atoms with Gasteiger partial charge in [0.25, 0.3) is 0 Å². The molecule has 1 aromatic rings. The quantitative estimate of drug-likeness (QED) is 0.856. The Morgan fingerprint density at radius 2 is 2.09 bits per heavy atom. The molecule has 0 fully saturated rings. The lowest BCUT2D eigenvalue weighted by atomic mass is 10.1. The summed E-state index contributed by atoms with van der Waals surface area (Å²) in [6.07, 6.45) is -4.99. The number of halogens is 5. The van der Waals surface area contributed by atoms with Gasteiger partial charge in [0.1, 0.15) is 6.54 Å². The molecular formula is C14H15Cl2F3N2O2. The molecule has 0 bridgehead atoms. The van der Waals surface area contributed by atoms with Gasteiger partial charge in [0.05, 0.1) is 18.7 Å². The fourth-order valence-corrected chi connectivity index (χ4v) is 3.33. The molecule has 2 N–H and O–H groups in total. The molecule has 1 aliphatic rings. The number of benzene rings is 1. The zero-order valence-corrected chi connectivity index (χ0v) is 13.6. The predicted octanol–water partition coefficient (Wildman–Crippen LogP) is 2.56. The van der Waals surface area contributed by atoms with Gasteiger partial charge in [-0.25, -0.2) is 0 Å². The monoisotopic (exact) mass is 370 g/mol. The Labute approximate surface area is 141 Å². The maximum absolute atomic E-state index is 12.1. The van der Waals surface area contributed by atoms with E-state index in [2.05, 4.69) is 0 Å². The van der Waals surface area contributed by atoms with E-state index in [-0.39, 0.29) is 6.54 Å². The molecule has 1 aliphatic carbocycles. The zero-order chi connectivity index (χ0) is 17.4. The molecule has 0 saturated heterocycles. The van der Waals surface area contributed by atoms with Gasteiger partial charge in [0.15, 0.2) is 0 Å². The minimum absolute atomic E-state index is 0.290. The number of hydrogen-bond donors (Lipinski definition) is 2. The number of nitrogens with zero attached hydrogens (tertiary/aromatic N) is 1. The minimum Gasteiger partial charge on any atom is -0.391 e. The lowest BCUT2D eigenvalue weighted by Crippen LogP contribution is -2.42. The third-order valence-electron chi connectivity index (χ3n) is 3.65. The molecule has 9 heteroatoms. The lowest BCUT2D eigenvalue weighted by molar-refractivity contribution is -0.139. The number of carbonyl (C=O) groups excluding carboxylic acids is 1. The Bertz CT molecular complexity index is 610. The Balaban J connectivity index is 2.09. The zero-order valence-electron chi connectivity index (χ0n) is 12.1. The normalized spacial score (nSPS) is 20.7. The standard InChI is InChI=1S/C14H15Cl2F3N2O2/c1-21(5-12(23)20-6-14(17,18)19)13-9-2-7(15)3-10(16)8(9)4-11(13)22/h2-3,11,13,22H,4-6H2,1H3,(H,20,23)/t11-,13-/m0/s1. The first-order valence-electron chi connectivity index (χ1n) is 6.78. The Morgan fingerprint density at radius 3 is 2.70 bits per heavy atom. The lowest BCUT2D eigenvalue weighted by Gasteiger charge is -2.27. The van der Waals surface area contributed by atoms with Crippen molar-refractivity contribution in [1.29, 1.82) is 0 Å². The Kier molecular flexibility index (Phi) is 5.45. The molecule has 128 valence electrons. The summed E-state index contributed by atoms with van der Waals surface area (Å²) in [6.45, 7) is -1.68. The highest BCUT2D eigenvalue weighted by atomic mass is 35.5. The number of fused-ring (bicyclic) bond motifs is 1. The molecule has 2 rings (SSSR count). The van der Waals surface area contributed by atoms with Crippen LogP contribution in [0.2, 0.25) is 10.0 Å². The molecule has 1 aromatic carbocycles. The van der Waals surface area contributed by atoms with Crippen LogP contribution >= 0.6 is 23.2 Å². The van der Waals surface area contributed by atoms with Gasteiger partial charge in [0, 0.05) is 16.5 Å². The highest BCUT2D eigenvalue weighted by Gasteiger charge is 2.36. The number of likely N-dealkylation sites (N-methyl/N-ethyl adjacent to an activating group) is 1. The van der Waals surface area contributed by atoms with E-state index in [0.29, 0.717) is 22.0 Å². The number of aliphatic hydroxyl groups is 1. The summed E-state index contributed by atoms with van der Waals surface area (Å²) in [5, 5.41) is 12.8. The van der Waals surface area contributed by atoms with Crippen molar-refractivity contribution in [1.82, 2.24) is 10.2 Å². The first-order valence-corrected chi connectivity index (χ1v) is 7.53. The van der Waals surface area contributed by atoms with Crippen LogP contribution in [0.1, 0.15) is 17.2 Å². The van der Waals surface area contributed by atoms with E-state index < -0.39 is 30.8 Å². The minimum atomic E-state index is -4.46. The van der Waals surface area contributed by atoms with Crippen LogP contribution in [0, 0.1) is 0 Å². The van der Waals surface area contributed by atoms with Crippen LogP contribution in [-0.2, 0) is 11.2 Å². The molecule has 4 nitrogen and oxygen atoms in total. The van der Waals surface area contributed by atoms with Crippen LogP contribution in [0.3, 0.4) is 0 Å². The van der Waals surface area contributed by atoms with Crippen LogP contribution in [0.4, 0.5) is 13.2 Å². The number of rotatable bonds is 4. The van der Waals surface area contributed by atoms with Crippen molar-refractivity contribution in [2.45, 2.75) is 24.7 Å². The second kappa shape index (κ2) is 6.84. The molecule has 2 atom stereocenters. The van der Waals surface area contributed by atoms with Crippen LogP contribution in [0.25, 0.3) is 0 Å². The Hall–Kier alpha value is -1.02. The van der Waals surface area contributed by atoms with Crippen molar-refractivity contribution in [3.05, 3.63) is 33.3 Å². The van der Waals surface area contributed by atoms with Crippen molar-refractivity contribution in [2.24, 2.45) is 0 Å². The first kappa shape index (κ1) is 18.3. The molecule has 0 radical (unpaired) electrons. The van der Waals surface area contributed by atoms with Crippen LogP contribution in [0.15, 0.2) is 12.1 Å². The number of hydrogen-bond acceptors (Lipinski definition) is 3. The van der Waals surface area contributed by atoms with E-state index in [0.717, 1.165) is 5.56 Å². The van der Waals surface area contributed by atoms with Gasteiger partial charge in [-0.05, 0) is 30.3 Å². The van der Waals surface area contributed by atoms with Gasteiger partial charge in [-0.2, -0.15) is 13.2 Å². The molecule has 0 aliphatic heterocycles. The number of nitrogens with one attached hydrogen (secondary N) is 1. The largest absolute Gasteiger partial charge is 0.405 e. The second-order valence-corrected chi connectivity index (χ2v) is 6.32. The summed E-state index contributed by atoms with van der Waals surface area (Å²) < 4.78 is 36.3.